The fourth-order valence-electron chi connectivity index (χ4n) is 3.74. The van der Waals surface area contributed by atoms with Gasteiger partial charge in [0, 0.05) is 23.9 Å². The molecule has 0 aliphatic rings. The Balaban J connectivity index is 1.73. The van der Waals surface area contributed by atoms with Crippen molar-refractivity contribution in [3.8, 4) is 22.4 Å². The number of aromatic nitrogens is 2. The Morgan fingerprint density at radius 3 is 2.06 bits per heavy atom. The highest BCUT2D eigenvalue weighted by atomic mass is 16.5. The number of anilines is 1. The molecule has 36 heavy (non-hydrogen) atoms. The van der Waals surface area contributed by atoms with Crippen molar-refractivity contribution < 1.29 is 14.3 Å². The lowest BCUT2D eigenvalue weighted by Crippen LogP contribution is -2.31. The van der Waals surface area contributed by atoms with Gasteiger partial charge in [0.15, 0.2) is 0 Å². The zero-order valence-corrected chi connectivity index (χ0v) is 20.4. The smallest absolute Gasteiger partial charge is 0.338 e. The topological polar surface area (TPSA) is 90.3 Å². The summed E-state index contributed by atoms with van der Waals surface area (Å²) in [5, 5.41) is 7.30. The number of nitrogens with zero attached hydrogens (tertiary/aromatic N) is 2. The van der Waals surface area contributed by atoms with Crippen LogP contribution in [0, 0.1) is 5.92 Å². The molecule has 4 aromatic rings. The molecule has 0 unspecified atom stereocenters. The molecule has 1 amide bonds. The van der Waals surface area contributed by atoms with Gasteiger partial charge in [0.05, 0.1) is 17.9 Å². The number of carbonyl (C=O) groups excluding carboxylic acids is 2. The molecule has 0 spiro atoms. The number of aryl methyl sites for hydroxylation is 1. The summed E-state index contributed by atoms with van der Waals surface area (Å²) in [6, 6.07) is 25.1. The van der Waals surface area contributed by atoms with Crippen LogP contribution in [0.25, 0.3) is 22.4 Å². The maximum absolute atomic E-state index is 13.5. The molecule has 0 saturated carbocycles. The Morgan fingerprint density at radius 1 is 0.889 bits per heavy atom. The van der Waals surface area contributed by atoms with Crippen LogP contribution in [0.15, 0.2) is 89.7 Å². The highest BCUT2D eigenvalue weighted by Gasteiger charge is 2.24. The first kappa shape index (κ1) is 24.6. The third-order valence-electron chi connectivity index (χ3n) is 5.51. The molecule has 0 saturated heterocycles. The Labute approximate surface area is 209 Å². The molecular weight excluding hydrogens is 454 g/mol. The van der Waals surface area contributed by atoms with Crippen LogP contribution >= 0.6 is 0 Å². The van der Waals surface area contributed by atoms with Gasteiger partial charge in [0.2, 0.25) is 0 Å². The lowest BCUT2D eigenvalue weighted by Gasteiger charge is -2.16. The monoisotopic (exact) mass is 481 g/mol. The van der Waals surface area contributed by atoms with Crippen molar-refractivity contribution in [3.63, 3.8) is 0 Å². The second-order valence-electron chi connectivity index (χ2n) is 8.78. The van der Waals surface area contributed by atoms with Gasteiger partial charge in [0.25, 0.3) is 11.5 Å². The third-order valence-corrected chi connectivity index (χ3v) is 5.51. The van der Waals surface area contributed by atoms with Crippen LogP contribution in [0.2, 0.25) is 0 Å². The molecule has 0 bridgehead atoms. The van der Waals surface area contributed by atoms with E-state index < -0.39 is 17.4 Å². The van der Waals surface area contributed by atoms with Crippen molar-refractivity contribution in [1.29, 1.82) is 0 Å². The van der Waals surface area contributed by atoms with Gasteiger partial charge in [0.1, 0.15) is 5.56 Å². The molecule has 1 aromatic heterocycles. The van der Waals surface area contributed by atoms with E-state index in [1.54, 1.807) is 24.3 Å². The molecule has 0 atom stereocenters. The fraction of sp³-hybridized carbons (Fsp3) is 0.172. The number of esters is 1. The van der Waals surface area contributed by atoms with Gasteiger partial charge >= 0.3 is 5.97 Å². The summed E-state index contributed by atoms with van der Waals surface area (Å²) in [5.74, 6) is -0.761. The molecule has 0 aliphatic heterocycles. The summed E-state index contributed by atoms with van der Waals surface area (Å²) < 4.78 is 6.43. The van der Waals surface area contributed by atoms with E-state index in [9.17, 15) is 14.4 Å². The maximum atomic E-state index is 13.5. The lowest BCUT2D eigenvalue weighted by atomic mass is 9.95. The van der Waals surface area contributed by atoms with Crippen molar-refractivity contribution >= 4 is 17.6 Å². The second kappa shape index (κ2) is 10.8. The molecule has 7 nitrogen and oxygen atoms in total. The number of carbonyl (C=O) groups is 2. The van der Waals surface area contributed by atoms with E-state index in [1.807, 2.05) is 74.5 Å². The molecule has 1 heterocycles. The van der Waals surface area contributed by atoms with Crippen LogP contribution in [0.4, 0.5) is 5.69 Å². The Morgan fingerprint density at radius 2 is 1.47 bits per heavy atom. The van der Waals surface area contributed by atoms with Crippen molar-refractivity contribution in [2.45, 2.75) is 13.8 Å². The van der Waals surface area contributed by atoms with Gasteiger partial charge in [-0.25, -0.2) is 9.48 Å². The van der Waals surface area contributed by atoms with Crippen molar-refractivity contribution in [1.82, 2.24) is 9.78 Å². The van der Waals surface area contributed by atoms with Crippen molar-refractivity contribution in [2.75, 3.05) is 11.9 Å². The van der Waals surface area contributed by atoms with Crippen molar-refractivity contribution in [3.05, 3.63) is 106 Å². The first-order valence-electron chi connectivity index (χ1n) is 11.7. The van der Waals surface area contributed by atoms with E-state index in [0.717, 1.165) is 5.56 Å². The normalized spacial score (nSPS) is 10.8. The van der Waals surface area contributed by atoms with E-state index in [-0.39, 0.29) is 11.5 Å². The maximum Gasteiger partial charge on any atom is 0.338 e. The van der Waals surface area contributed by atoms with Gasteiger partial charge < -0.3 is 10.1 Å². The molecule has 182 valence electrons. The van der Waals surface area contributed by atoms with Crippen LogP contribution in [-0.4, -0.2) is 28.3 Å². The summed E-state index contributed by atoms with van der Waals surface area (Å²) in [6.07, 6.45) is 0. The molecule has 1 N–H and O–H groups in total. The van der Waals surface area contributed by atoms with Crippen LogP contribution in [0.5, 0.6) is 0 Å². The Hall–Kier alpha value is -4.52. The lowest BCUT2D eigenvalue weighted by molar-refractivity contribution is 0.0459. The minimum Gasteiger partial charge on any atom is -0.462 e. The number of hydrogen-bond donors (Lipinski definition) is 1. The first-order valence-corrected chi connectivity index (χ1v) is 11.7. The highest BCUT2D eigenvalue weighted by molar-refractivity contribution is 6.10. The Bertz CT molecular complexity index is 1430. The van der Waals surface area contributed by atoms with Gasteiger partial charge in [-0.15, -0.1) is 0 Å². The van der Waals surface area contributed by atoms with E-state index in [0.29, 0.717) is 34.7 Å². The minimum atomic E-state index is -0.566. The van der Waals surface area contributed by atoms with Gasteiger partial charge in [-0.05, 0) is 35.7 Å². The fourth-order valence-corrected chi connectivity index (χ4v) is 3.74. The zero-order chi connectivity index (χ0) is 25.7. The van der Waals surface area contributed by atoms with Crippen LogP contribution in [-0.2, 0) is 11.8 Å². The summed E-state index contributed by atoms with van der Waals surface area (Å²) in [6.45, 7) is 4.25. The molecule has 3 aromatic carbocycles. The van der Waals surface area contributed by atoms with E-state index in [4.69, 9.17) is 4.74 Å². The zero-order valence-electron chi connectivity index (χ0n) is 20.4. The quantitative estimate of drug-likeness (QED) is 0.367. The highest BCUT2D eigenvalue weighted by Crippen LogP contribution is 2.32. The van der Waals surface area contributed by atoms with Gasteiger partial charge in [-0.2, -0.15) is 5.10 Å². The van der Waals surface area contributed by atoms with Gasteiger partial charge in [-0.3, -0.25) is 9.59 Å². The van der Waals surface area contributed by atoms with Crippen LogP contribution < -0.4 is 10.9 Å². The number of nitrogens with one attached hydrogen (secondary N) is 1. The second-order valence-corrected chi connectivity index (χ2v) is 8.78. The summed E-state index contributed by atoms with van der Waals surface area (Å²) in [5.41, 5.74) is 2.76. The molecule has 7 heteroatoms. The minimum absolute atomic E-state index is 0.0158. The third kappa shape index (κ3) is 5.41. The molecule has 4 rings (SSSR count). The largest absolute Gasteiger partial charge is 0.462 e. The first-order chi connectivity index (χ1) is 17.3. The summed E-state index contributed by atoms with van der Waals surface area (Å²) in [7, 11) is 1.53. The van der Waals surface area contributed by atoms with Gasteiger partial charge in [-0.1, -0.05) is 74.5 Å². The number of hydrogen-bond acceptors (Lipinski definition) is 5. The molecule has 0 fully saturated rings. The SMILES string of the molecule is CC(C)COC(=O)c1ccc(NC(=O)c2c(-c3ccccc3)c(-c3ccccc3)nn(C)c2=O)cc1. The number of ether oxygens (including phenoxy) is 1. The average Bonchev–Trinajstić information content (AvgIpc) is 2.89. The molecular formula is C29H27N3O4. The predicted octanol–water partition coefficient (Wildman–Crippen LogP) is 5.18. The molecule has 0 aliphatic carbocycles. The molecule has 0 radical (unpaired) electrons. The van der Waals surface area contributed by atoms with E-state index >= 15 is 0 Å². The Kier molecular flexibility index (Phi) is 7.39. The van der Waals surface area contributed by atoms with Crippen LogP contribution in [0.1, 0.15) is 34.6 Å². The van der Waals surface area contributed by atoms with Crippen LogP contribution in [0.3, 0.4) is 0 Å². The van der Waals surface area contributed by atoms with E-state index in [2.05, 4.69) is 10.4 Å². The average molecular weight is 482 g/mol. The summed E-state index contributed by atoms with van der Waals surface area (Å²) >= 11 is 0. The van der Waals surface area contributed by atoms with Crippen molar-refractivity contribution in [2.24, 2.45) is 13.0 Å². The number of benzene rings is 3. The summed E-state index contributed by atoms with van der Waals surface area (Å²) in [4.78, 5) is 38.9. The number of rotatable bonds is 7. The standard InChI is InChI=1S/C29H27N3O4/c1-19(2)18-36-29(35)22-14-16-23(17-15-22)30-27(33)25-24(20-10-6-4-7-11-20)26(31-32(3)28(25)34)21-12-8-5-9-13-21/h4-17,19H,18H2,1-3H3,(H,30,33). The van der Waals surface area contributed by atoms with E-state index in [1.165, 1.54) is 11.7 Å². The predicted molar refractivity (Wildman–Crippen MR) is 140 cm³/mol. The number of amides is 1.